The number of carbonyl (C=O) groups excluding carboxylic acids is 1. The minimum atomic E-state index is -0.107. The Hall–Kier alpha value is -3.34. The zero-order valence-corrected chi connectivity index (χ0v) is 18.2. The molecular weight excluding hydrogens is 376 g/mol. The van der Waals surface area contributed by atoms with Gasteiger partial charge in [0.25, 0.3) is 5.91 Å². The number of pyridine rings is 1. The van der Waals surface area contributed by atoms with Crippen molar-refractivity contribution in [2.45, 2.75) is 32.7 Å². The summed E-state index contributed by atoms with van der Waals surface area (Å²) in [4.78, 5) is 19.5. The van der Waals surface area contributed by atoms with Gasteiger partial charge >= 0.3 is 0 Å². The van der Waals surface area contributed by atoms with Gasteiger partial charge in [0, 0.05) is 11.8 Å². The summed E-state index contributed by atoms with van der Waals surface area (Å²) >= 11 is 0. The second-order valence-corrected chi connectivity index (χ2v) is 8.10. The molecule has 1 amide bonds. The number of anilines is 1. The van der Waals surface area contributed by atoms with Gasteiger partial charge in [-0.25, -0.2) is 4.98 Å². The van der Waals surface area contributed by atoms with Crippen molar-refractivity contribution in [3.8, 4) is 11.5 Å². The quantitative estimate of drug-likeness (QED) is 0.563. The Labute approximate surface area is 178 Å². The number of aromatic nitrogens is 1. The summed E-state index contributed by atoms with van der Waals surface area (Å²) < 4.78 is 10.7. The number of hydrogen-bond acceptors (Lipinski definition) is 4. The van der Waals surface area contributed by atoms with E-state index in [1.165, 1.54) is 5.56 Å². The molecule has 30 heavy (non-hydrogen) atoms. The highest BCUT2D eigenvalue weighted by atomic mass is 16.5. The predicted octanol–water partition coefficient (Wildman–Crippen LogP) is 5.24. The third kappa shape index (κ3) is 4.79. The van der Waals surface area contributed by atoms with E-state index >= 15 is 0 Å². The minimum absolute atomic E-state index is 0.0297. The highest BCUT2D eigenvalue weighted by molar-refractivity contribution is 6.05. The van der Waals surface area contributed by atoms with Gasteiger partial charge in [0.1, 0.15) is 5.82 Å². The SMILES string of the molecule is COc1ccc(CN(C(=O)c2ccc(C(C)(C)C)cc2)c2ccccn2)cc1OC. The van der Waals surface area contributed by atoms with Crippen LogP contribution in [0.15, 0.2) is 66.9 Å². The van der Waals surface area contributed by atoms with E-state index in [9.17, 15) is 4.79 Å². The van der Waals surface area contributed by atoms with E-state index in [0.717, 1.165) is 5.56 Å². The standard InChI is InChI=1S/C25H28N2O3/c1-25(2,3)20-12-10-19(11-13-20)24(28)27(23-8-6-7-15-26-23)17-18-9-14-21(29-4)22(16-18)30-5/h6-16H,17H2,1-5H3. The van der Waals surface area contributed by atoms with Crippen molar-refractivity contribution in [2.75, 3.05) is 19.1 Å². The lowest BCUT2D eigenvalue weighted by Gasteiger charge is -2.23. The normalized spacial score (nSPS) is 11.1. The van der Waals surface area contributed by atoms with Crippen LogP contribution < -0.4 is 14.4 Å². The maximum absolute atomic E-state index is 13.4. The molecule has 3 aromatic rings. The minimum Gasteiger partial charge on any atom is -0.493 e. The fraction of sp³-hybridized carbons (Fsp3) is 0.280. The second-order valence-electron chi connectivity index (χ2n) is 8.10. The number of methoxy groups -OCH3 is 2. The molecule has 0 unspecified atom stereocenters. The molecule has 0 aliphatic carbocycles. The summed E-state index contributed by atoms with van der Waals surface area (Å²) in [5, 5.41) is 0. The first-order valence-electron chi connectivity index (χ1n) is 9.88. The Morgan fingerprint density at radius 3 is 2.20 bits per heavy atom. The summed E-state index contributed by atoms with van der Waals surface area (Å²) in [7, 11) is 3.20. The molecule has 0 aliphatic rings. The van der Waals surface area contributed by atoms with E-state index in [-0.39, 0.29) is 11.3 Å². The van der Waals surface area contributed by atoms with Gasteiger partial charge in [0.15, 0.2) is 11.5 Å². The van der Waals surface area contributed by atoms with Crippen LogP contribution >= 0.6 is 0 Å². The average Bonchev–Trinajstić information content (AvgIpc) is 2.77. The van der Waals surface area contributed by atoms with E-state index in [4.69, 9.17) is 9.47 Å². The van der Waals surface area contributed by atoms with Crippen LogP contribution in [0.1, 0.15) is 42.3 Å². The van der Waals surface area contributed by atoms with Crippen LogP contribution in [0.5, 0.6) is 11.5 Å². The van der Waals surface area contributed by atoms with Gasteiger partial charge in [-0.05, 0) is 52.9 Å². The molecule has 0 saturated carbocycles. The highest BCUT2D eigenvalue weighted by Gasteiger charge is 2.21. The monoisotopic (exact) mass is 404 g/mol. The van der Waals surface area contributed by atoms with Crippen molar-refractivity contribution in [2.24, 2.45) is 0 Å². The average molecular weight is 405 g/mol. The van der Waals surface area contributed by atoms with E-state index in [2.05, 4.69) is 25.8 Å². The third-order valence-corrected chi connectivity index (χ3v) is 4.96. The number of amides is 1. The van der Waals surface area contributed by atoms with Crippen molar-refractivity contribution in [3.05, 3.63) is 83.6 Å². The molecule has 156 valence electrons. The number of rotatable bonds is 6. The summed E-state index contributed by atoms with van der Waals surface area (Å²) in [6.45, 7) is 6.82. The maximum Gasteiger partial charge on any atom is 0.259 e. The Morgan fingerprint density at radius 2 is 1.63 bits per heavy atom. The van der Waals surface area contributed by atoms with Crippen LogP contribution in [0.4, 0.5) is 5.82 Å². The number of hydrogen-bond donors (Lipinski definition) is 0. The predicted molar refractivity (Wildman–Crippen MR) is 119 cm³/mol. The number of benzene rings is 2. The molecule has 5 nitrogen and oxygen atoms in total. The highest BCUT2D eigenvalue weighted by Crippen LogP contribution is 2.29. The molecule has 0 saturated heterocycles. The van der Waals surface area contributed by atoms with Gasteiger partial charge in [-0.3, -0.25) is 9.69 Å². The summed E-state index contributed by atoms with van der Waals surface area (Å²) in [5.74, 6) is 1.76. The molecule has 0 atom stereocenters. The Kier molecular flexibility index (Phi) is 6.40. The molecule has 1 aromatic heterocycles. The van der Waals surface area contributed by atoms with Gasteiger partial charge in [0.05, 0.1) is 20.8 Å². The van der Waals surface area contributed by atoms with Gasteiger partial charge in [-0.1, -0.05) is 45.0 Å². The zero-order valence-electron chi connectivity index (χ0n) is 18.2. The Balaban J connectivity index is 1.95. The van der Waals surface area contributed by atoms with E-state index in [1.807, 2.05) is 60.7 Å². The molecular formula is C25H28N2O3. The molecule has 0 bridgehead atoms. The van der Waals surface area contributed by atoms with Crippen LogP contribution in [0.3, 0.4) is 0 Å². The first-order chi connectivity index (χ1) is 14.3. The van der Waals surface area contributed by atoms with E-state index in [0.29, 0.717) is 29.4 Å². The number of ether oxygens (including phenoxy) is 2. The lowest BCUT2D eigenvalue weighted by atomic mass is 9.86. The van der Waals surface area contributed by atoms with Crippen molar-refractivity contribution in [1.29, 1.82) is 0 Å². The summed E-state index contributed by atoms with van der Waals surface area (Å²) in [5.41, 5.74) is 2.75. The maximum atomic E-state index is 13.4. The van der Waals surface area contributed by atoms with Crippen molar-refractivity contribution >= 4 is 11.7 Å². The molecule has 0 spiro atoms. The van der Waals surface area contributed by atoms with Crippen LogP contribution in [0.2, 0.25) is 0 Å². The molecule has 5 heteroatoms. The van der Waals surface area contributed by atoms with Crippen LogP contribution in [-0.2, 0) is 12.0 Å². The van der Waals surface area contributed by atoms with Crippen LogP contribution in [-0.4, -0.2) is 25.1 Å². The topological polar surface area (TPSA) is 51.7 Å². The second kappa shape index (κ2) is 8.99. The van der Waals surface area contributed by atoms with Gasteiger partial charge in [-0.15, -0.1) is 0 Å². The Bertz CT molecular complexity index is 993. The van der Waals surface area contributed by atoms with Crippen LogP contribution in [0, 0.1) is 0 Å². The van der Waals surface area contributed by atoms with Gasteiger partial charge in [-0.2, -0.15) is 0 Å². The molecule has 0 fully saturated rings. The lowest BCUT2D eigenvalue weighted by Crippen LogP contribution is -2.31. The number of nitrogens with zero attached hydrogens (tertiary/aromatic N) is 2. The molecule has 1 heterocycles. The molecule has 2 aromatic carbocycles. The van der Waals surface area contributed by atoms with Crippen molar-refractivity contribution in [1.82, 2.24) is 4.98 Å². The van der Waals surface area contributed by atoms with Crippen molar-refractivity contribution in [3.63, 3.8) is 0 Å². The summed E-state index contributed by atoms with van der Waals surface area (Å²) in [6.07, 6.45) is 1.69. The fourth-order valence-electron chi connectivity index (χ4n) is 3.20. The number of carbonyl (C=O) groups is 1. The third-order valence-electron chi connectivity index (χ3n) is 4.96. The van der Waals surface area contributed by atoms with Gasteiger partial charge < -0.3 is 9.47 Å². The fourth-order valence-corrected chi connectivity index (χ4v) is 3.20. The van der Waals surface area contributed by atoms with E-state index in [1.54, 1.807) is 25.3 Å². The zero-order chi connectivity index (χ0) is 21.7. The molecule has 0 N–H and O–H groups in total. The van der Waals surface area contributed by atoms with E-state index < -0.39 is 0 Å². The smallest absolute Gasteiger partial charge is 0.259 e. The van der Waals surface area contributed by atoms with Gasteiger partial charge in [0.2, 0.25) is 0 Å². The molecule has 3 rings (SSSR count). The Morgan fingerprint density at radius 1 is 0.933 bits per heavy atom. The first kappa shape index (κ1) is 21.4. The molecule has 0 aliphatic heterocycles. The summed E-state index contributed by atoms with van der Waals surface area (Å²) in [6, 6.07) is 19.0. The largest absolute Gasteiger partial charge is 0.493 e. The van der Waals surface area contributed by atoms with Crippen molar-refractivity contribution < 1.29 is 14.3 Å². The van der Waals surface area contributed by atoms with Crippen LogP contribution in [0.25, 0.3) is 0 Å². The molecule has 0 radical (unpaired) electrons. The lowest BCUT2D eigenvalue weighted by molar-refractivity contribution is 0.0984. The first-order valence-corrected chi connectivity index (χ1v) is 9.88.